The Morgan fingerprint density at radius 3 is 2.78 bits per heavy atom. The molecule has 1 atom stereocenters. The largest absolute Gasteiger partial charge is 0.432 e. The fourth-order valence-electron chi connectivity index (χ4n) is 2.97. The predicted molar refractivity (Wildman–Crippen MR) is 114 cm³/mol. The molecule has 32 heavy (non-hydrogen) atoms. The summed E-state index contributed by atoms with van der Waals surface area (Å²) in [6.45, 7) is 3.58. The number of halogens is 3. The van der Waals surface area contributed by atoms with Gasteiger partial charge in [-0.2, -0.15) is 23.4 Å². The van der Waals surface area contributed by atoms with Crippen molar-refractivity contribution in [3.63, 3.8) is 0 Å². The highest BCUT2D eigenvalue weighted by atomic mass is 19.4. The number of aromatic amines is 1. The number of allylic oxidation sites excluding steroid dienone is 3. The van der Waals surface area contributed by atoms with Crippen LogP contribution in [-0.2, 0) is 4.74 Å². The lowest BCUT2D eigenvalue weighted by Gasteiger charge is -2.34. The molecule has 1 saturated heterocycles. The average Bonchev–Trinajstić information content (AvgIpc) is 3.31. The van der Waals surface area contributed by atoms with Gasteiger partial charge in [-0.3, -0.25) is 10.5 Å². The Labute approximate surface area is 182 Å². The van der Waals surface area contributed by atoms with E-state index in [4.69, 9.17) is 15.9 Å². The Balaban J connectivity index is 2.11. The number of morpholine rings is 1. The fourth-order valence-corrected chi connectivity index (χ4v) is 2.97. The third-order valence-corrected chi connectivity index (χ3v) is 4.66. The normalized spacial score (nSPS) is 17.4. The Morgan fingerprint density at radius 2 is 2.12 bits per heavy atom. The van der Waals surface area contributed by atoms with Crippen molar-refractivity contribution >= 4 is 17.1 Å². The molecular weight excluding hydrogens is 425 g/mol. The summed E-state index contributed by atoms with van der Waals surface area (Å²) in [6, 6.07) is 5.04. The third-order valence-electron chi connectivity index (χ3n) is 4.66. The second-order valence-electron chi connectivity index (χ2n) is 6.89. The van der Waals surface area contributed by atoms with Gasteiger partial charge in [0.05, 0.1) is 19.3 Å². The zero-order valence-corrected chi connectivity index (χ0v) is 17.3. The standard InChI is InChI=1S/C20H23F3N8O/c1-14-12-32-9-8-30(14)19-10-15(16(11-24)2-3-17(25)20(21,22)23)4-7-28-31(13-26-19)18-5-6-27-29-18/h2-7,10-11,13-14,25H,8-9,12,24H2,1H3,(H,27,29)/b3-2-,15-4?,16-11-,19-10?,25-17?,26-13?,28-7?/t14-/m1/s1. The van der Waals surface area contributed by atoms with Gasteiger partial charge in [-0.15, -0.1) is 0 Å². The lowest BCUT2D eigenvalue weighted by molar-refractivity contribution is -0.0584. The van der Waals surface area contributed by atoms with Crippen LogP contribution in [0.25, 0.3) is 11.4 Å². The fraction of sp³-hybridized carbons (Fsp3) is 0.300. The maximum Gasteiger partial charge on any atom is 0.432 e. The van der Waals surface area contributed by atoms with E-state index in [0.717, 1.165) is 6.08 Å². The van der Waals surface area contributed by atoms with Gasteiger partial charge < -0.3 is 15.4 Å². The summed E-state index contributed by atoms with van der Waals surface area (Å²) in [6.07, 6.45) is 2.83. The molecule has 3 rings (SSSR count). The number of hydrogen-bond acceptors (Lipinski definition) is 7. The molecule has 0 amide bonds. The van der Waals surface area contributed by atoms with Gasteiger partial charge in [0, 0.05) is 31.2 Å². The molecule has 12 heteroatoms. The lowest BCUT2D eigenvalue weighted by Crippen LogP contribution is -2.44. The third kappa shape index (κ3) is 5.72. The zero-order chi connectivity index (χ0) is 23.1. The number of anilines is 1. The number of rotatable bonds is 5. The summed E-state index contributed by atoms with van der Waals surface area (Å²) in [5.74, 6) is 1.06. The highest BCUT2D eigenvalue weighted by Crippen LogP contribution is 2.23. The van der Waals surface area contributed by atoms with Gasteiger partial charge in [0.15, 0.2) is 5.82 Å². The van der Waals surface area contributed by atoms with Crippen LogP contribution in [0.2, 0.25) is 0 Å². The SMILES string of the molecule is C[C@@H]1COCCN1c1cc(C(/C=C\C(=N)C(F)(F)F)=C\N)ccnn(-c2cc[nH]n2)cn1. The number of H-pyrrole nitrogens is 1. The average molecular weight is 448 g/mol. The number of ether oxygens (including phenoxy) is 1. The van der Waals surface area contributed by atoms with E-state index in [1.54, 1.807) is 24.4 Å². The Morgan fingerprint density at radius 1 is 1.31 bits per heavy atom. The first-order valence-corrected chi connectivity index (χ1v) is 9.69. The molecule has 1 aliphatic rings. The number of nitrogens with one attached hydrogen (secondary N) is 2. The number of nitrogens with two attached hydrogens (primary N) is 1. The van der Waals surface area contributed by atoms with Crippen molar-refractivity contribution in [2.75, 3.05) is 24.7 Å². The molecule has 0 spiro atoms. The van der Waals surface area contributed by atoms with E-state index in [9.17, 15) is 13.2 Å². The Kier molecular flexibility index (Phi) is 7.25. The van der Waals surface area contributed by atoms with Crippen LogP contribution >= 0.6 is 0 Å². The van der Waals surface area contributed by atoms with Crippen molar-refractivity contribution in [3.8, 4) is 5.82 Å². The first-order chi connectivity index (χ1) is 15.3. The molecule has 0 radical (unpaired) electrons. The molecule has 2 aromatic rings. The van der Waals surface area contributed by atoms with Gasteiger partial charge in [0.1, 0.15) is 17.9 Å². The minimum Gasteiger partial charge on any atom is -0.404 e. The van der Waals surface area contributed by atoms with Gasteiger partial charge in [-0.05, 0) is 36.3 Å². The smallest absolute Gasteiger partial charge is 0.404 e. The zero-order valence-electron chi connectivity index (χ0n) is 17.3. The van der Waals surface area contributed by atoms with Crippen molar-refractivity contribution in [1.29, 1.82) is 5.41 Å². The van der Waals surface area contributed by atoms with E-state index in [1.165, 1.54) is 23.4 Å². The number of aromatic nitrogens is 5. The predicted octanol–water partition coefficient (Wildman–Crippen LogP) is 2.78. The van der Waals surface area contributed by atoms with Crippen LogP contribution in [0, 0.1) is 5.41 Å². The van der Waals surface area contributed by atoms with Crippen molar-refractivity contribution in [2.24, 2.45) is 5.73 Å². The van der Waals surface area contributed by atoms with E-state index >= 15 is 0 Å². The highest BCUT2D eigenvalue weighted by molar-refractivity contribution is 5.98. The van der Waals surface area contributed by atoms with Gasteiger partial charge in [-0.25, -0.2) is 9.67 Å². The molecule has 0 aliphatic carbocycles. The van der Waals surface area contributed by atoms with E-state index in [1.807, 2.05) is 11.8 Å². The van der Waals surface area contributed by atoms with Crippen molar-refractivity contribution in [1.82, 2.24) is 25.0 Å². The molecular formula is C20H23F3N8O. The number of alkyl halides is 3. The summed E-state index contributed by atoms with van der Waals surface area (Å²) in [7, 11) is 0. The molecule has 0 bridgehead atoms. The maximum absolute atomic E-state index is 12.7. The van der Waals surface area contributed by atoms with Crippen LogP contribution < -0.4 is 10.6 Å². The molecule has 2 aromatic heterocycles. The molecule has 1 aliphatic heterocycles. The van der Waals surface area contributed by atoms with E-state index in [0.29, 0.717) is 43.0 Å². The topological polar surface area (TPSA) is 122 Å². The second kappa shape index (κ2) is 10.1. The number of hydrogen-bond donors (Lipinski definition) is 3. The van der Waals surface area contributed by atoms with E-state index in [2.05, 4.69) is 20.3 Å². The van der Waals surface area contributed by atoms with Crippen LogP contribution in [-0.4, -0.2) is 62.7 Å². The first-order valence-electron chi connectivity index (χ1n) is 9.69. The van der Waals surface area contributed by atoms with Crippen molar-refractivity contribution in [2.45, 2.75) is 19.1 Å². The monoisotopic (exact) mass is 448 g/mol. The van der Waals surface area contributed by atoms with Crippen LogP contribution in [0.3, 0.4) is 0 Å². The minimum absolute atomic E-state index is 0.0214. The maximum atomic E-state index is 12.7. The summed E-state index contributed by atoms with van der Waals surface area (Å²) >= 11 is 0. The number of nitrogens with zero attached hydrogens (tertiary/aromatic N) is 5. The Hall–Kier alpha value is -3.67. The molecule has 4 N–H and O–H groups in total. The summed E-state index contributed by atoms with van der Waals surface area (Å²) in [5, 5.41) is 18.3. The van der Waals surface area contributed by atoms with Gasteiger partial charge >= 0.3 is 6.18 Å². The molecule has 0 saturated carbocycles. The quantitative estimate of drug-likeness (QED) is 0.478. The lowest BCUT2D eigenvalue weighted by atomic mass is 10.1. The summed E-state index contributed by atoms with van der Waals surface area (Å²) in [5.41, 5.74) is 4.96. The van der Waals surface area contributed by atoms with Gasteiger partial charge in [-0.1, -0.05) is 6.08 Å². The Bertz CT molecular complexity index is 1040. The highest BCUT2D eigenvalue weighted by Gasteiger charge is 2.32. The molecule has 1 fully saturated rings. The molecule has 170 valence electrons. The van der Waals surface area contributed by atoms with Crippen LogP contribution in [0.5, 0.6) is 0 Å². The molecule has 0 unspecified atom stereocenters. The van der Waals surface area contributed by atoms with Crippen LogP contribution in [0.4, 0.5) is 19.0 Å². The summed E-state index contributed by atoms with van der Waals surface area (Å²) < 4.78 is 45.1. The van der Waals surface area contributed by atoms with Crippen molar-refractivity contribution in [3.05, 3.63) is 60.8 Å². The second-order valence-corrected chi connectivity index (χ2v) is 6.89. The molecule has 3 heterocycles. The van der Waals surface area contributed by atoms with E-state index in [-0.39, 0.29) is 11.6 Å². The van der Waals surface area contributed by atoms with Crippen molar-refractivity contribution < 1.29 is 17.9 Å². The van der Waals surface area contributed by atoms with Crippen LogP contribution in [0.1, 0.15) is 12.5 Å². The van der Waals surface area contributed by atoms with Gasteiger partial charge in [0.2, 0.25) is 0 Å². The molecule has 9 nitrogen and oxygen atoms in total. The summed E-state index contributed by atoms with van der Waals surface area (Å²) in [4.78, 5) is 6.59. The van der Waals surface area contributed by atoms with Gasteiger partial charge in [0.25, 0.3) is 0 Å². The van der Waals surface area contributed by atoms with Crippen LogP contribution in [0.15, 0.2) is 55.3 Å². The van der Waals surface area contributed by atoms with E-state index < -0.39 is 11.9 Å². The first kappa shape index (κ1) is 23.0. The molecule has 0 aromatic carbocycles. The minimum atomic E-state index is -4.75.